The molecule has 2 aromatic heterocycles. The quantitative estimate of drug-likeness (QED) is 0.770. The van der Waals surface area contributed by atoms with Crippen LogP contribution in [0.2, 0.25) is 0 Å². The van der Waals surface area contributed by atoms with Crippen LogP contribution in [0.15, 0.2) is 18.5 Å². The molecule has 2 aromatic rings. The summed E-state index contributed by atoms with van der Waals surface area (Å²) in [6, 6.07) is 1.95. The Hall–Kier alpha value is -1.82. The van der Waals surface area contributed by atoms with E-state index in [9.17, 15) is 0 Å². The van der Waals surface area contributed by atoms with Gasteiger partial charge in [0, 0.05) is 24.5 Å². The first-order valence-corrected chi connectivity index (χ1v) is 5.70. The molecule has 17 heavy (non-hydrogen) atoms. The van der Waals surface area contributed by atoms with Crippen LogP contribution in [0.25, 0.3) is 11.4 Å². The van der Waals surface area contributed by atoms with Crippen molar-refractivity contribution in [3.05, 3.63) is 24.0 Å². The van der Waals surface area contributed by atoms with Gasteiger partial charge in [0.05, 0.1) is 0 Å². The van der Waals surface area contributed by atoms with Crippen LogP contribution in [-0.4, -0.2) is 31.7 Å². The molecule has 90 valence electrons. The Bertz CT molecular complexity index is 478. The van der Waals surface area contributed by atoms with Crippen molar-refractivity contribution in [2.24, 2.45) is 5.73 Å². The van der Waals surface area contributed by atoms with E-state index in [0.29, 0.717) is 6.54 Å². The van der Waals surface area contributed by atoms with Crippen LogP contribution < -0.4 is 5.73 Å². The standard InChI is InChI=1S/C11H16N6/c1-9-4-6-13-8-10(9)11-14-15-16-17(11)7-3-2-5-12/h4,6,8H,2-3,5,7,12H2,1H3. The molecule has 0 atom stereocenters. The summed E-state index contributed by atoms with van der Waals surface area (Å²) in [5.74, 6) is 0.771. The zero-order chi connectivity index (χ0) is 12.1. The first-order chi connectivity index (χ1) is 8.33. The number of pyridine rings is 1. The van der Waals surface area contributed by atoms with E-state index < -0.39 is 0 Å². The molecule has 0 saturated heterocycles. The minimum absolute atomic E-state index is 0.698. The Morgan fingerprint density at radius 2 is 2.24 bits per heavy atom. The van der Waals surface area contributed by atoms with Gasteiger partial charge in [0.1, 0.15) is 0 Å². The largest absolute Gasteiger partial charge is 0.330 e. The van der Waals surface area contributed by atoms with Gasteiger partial charge in [-0.3, -0.25) is 4.98 Å². The predicted octanol–water partition coefficient (Wildman–Crippen LogP) is 0.782. The molecule has 2 N–H and O–H groups in total. The Morgan fingerprint density at radius 1 is 1.35 bits per heavy atom. The van der Waals surface area contributed by atoms with Crippen molar-refractivity contribution < 1.29 is 0 Å². The molecule has 0 aliphatic heterocycles. The summed E-state index contributed by atoms with van der Waals surface area (Å²) in [4.78, 5) is 4.11. The molecule has 6 heteroatoms. The SMILES string of the molecule is Cc1ccncc1-c1nnnn1CCCCN. The Morgan fingerprint density at radius 3 is 3.00 bits per heavy atom. The van der Waals surface area contributed by atoms with Crippen LogP contribution in [-0.2, 0) is 6.54 Å². The normalized spacial score (nSPS) is 10.7. The van der Waals surface area contributed by atoms with E-state index in [-0.39, 0.29) is 0 Å². The van der Waals surface area contributed by atoms with Gasteiger partial charge >= 0.3 is 0 Å². The molecule has 2 rings (SSSR count). The molecular formula is C11H16N6. The van der Waals surface area contributed by atoms with Crippen molar-refractivity contribution >= 4 is 0 Å². The monoisotopic (exact) mass is 232 g/mol. The maximum Gasteiger partial charge on any atom is 0.183 e. The van der Waals surface area contributed by atoms with Gasteiger partial charge in [-0.15, -0.1) is 5.10 Å². The average molecular weight is 232 g/mol. The molecule has 0 amide bonds. The van der Waals surface area contributed by atoms with Crippen LogP contribution in [0.5, 0.6) is 0 Å². The van der Waals surface area contributed by atoms with E-state index in [1.165, 1.54) is 0 Å². The first-order valence-electron chi connectivity index (χ1n) is 5.70. The minimum atomic E-state index is 0.698. The molecule has 0 spiro atoms. The third-order valence-corrected chi connectivity index (χ3v) is 2.64. The van der Waals surface area contributed by atoms with E-state index in [2.05, 4.69) is 20.5 Å². The highest BCUT2D eigenvalue weighted by Crippen LogP contribution is 2.18. The topological polar surface area (TPSA) is 82.5 Å². The number of rotatable bonds is 5. The zero-order valence-electron chi connectivity index (χ0n) is 9.87. The zero-order valence-corrected chi connectivity index (χ0v) is 9.87. The lowest BCUT2D eigenvalue weighted by Crippen LogP contribution is -2.06. The smallest absolute Gasteiger partial charge is 0.183 e. The van der Waals surface area contributed by atoms with Gasteiger partial charge in [0.25, 0.3) is 0 Å². The second-order valence-electron chi connectivity index (χ2n) is 3.91. The van der Waals surface area contributed by atoms with Gasteiger partial charge in [-0.05, 0) is 48.4 Å². The highest BCUT2D eigenvalue weighted by molar-refractivity contribution is 5.57. The van der Waals surface area contributed by atoms with Crippen molar-refractivity contribution in [2.45, 2.75) is 26.3 Å². The fourth-order valence-electron chi connectivity index (χ4n) is 1.65. The van der Waals surface area contributed by atoms with Gasteiger partial charge in [0.15, 0.2) is 5.82 Å². The summed E-state index contributed by atoms with van der Waals surface area (Å²) in [7, 11) is 0. The van der Waals surface area contributed by atoms with E-state index in [1.54, 1.807) is 17.1 Å². The Balaban J connectivity index is 2.22. The number of tetrazole rings is 1. The van der Waals surface area contributed by atoms with E-state index in [1.807, 2.05) is 13.0 Å². The minimum Gasteiger partial charge on any atom is -0.330 e. The molecule has 2 heterocycles. The maximum atomic E-state index is 5.47. The van der Waals surface area contributed by atoms with Crippen molar-refractivity contribution in [2.75, 3.05) is 6.54 Å². The molecule has 0 aliphatic carbocycles. The first kappa shape index (κ1) is 11.7. The molecular weight excluding hydrogens is 216 g/mol. The Kier molecular flexibility index (Phi) is 3.77. The summed E-state index contributed by atoms with van der Waals surface area (Å²) in [5.41, 5.74) is 7.57. The van der Waals surface area contributed by atoms with Crippen LogP contribution in [0.1, 0.15) is 18.4 Å². The van der Waals surface area contributed by atoms with Crippen LogP contribution in [0.4, 0.5) is 0 Å². The second-order valence-corrected chi connectivity index (χ2v) is 3.91. The summed E-state index contributed by atoms with van der Waals surface area (Å²) in [5, 5.41) is 11.8. The van der Waals surface area contributed by atoms with Gasteiger partial charge in [-0.25, -0.2) is 4.68 Å². The molecule has 6 nitrogen and oxygen atoms in total. The average Bonchev–Trinajstić information content (AvgIpc) is 2.78. The van der Waals surface area contributed by atoms with Crippen molar-refractivity contribution in [1.29, 1.82) is 0 Å². The summed E-state index contributed by atoms with van der Waals surface area (Å²) in [6.45, 7) is 3.51. The fourth-order valence-corrected chi connectivity index (χ4v) is 1.65. The molecule has 0 radical (unpaired) electrons. The van der Waals surface area contributed by atoms with Crippen LogP contribution in [0, 0.1) is 6.92 Å². The maximum absolute atomic E-state index is 5.47. The fraction of sp³-hybridized carbons (Fsp3) is 0.455. The lowest BCUT2D eigenvalue weighted by molar-refractivity contribution is 0.548. The lowest BCUT2D eigenvalue weighted by atomic mass is 10.1. The second kappa shape index (κ2) is 5.49. The van der Waals surface area contributed by atoms with Crippen molar-refractivity contribution in [3.63, 3.8) is 0 Å². The number of nitrogens with zero attached hydrogens (tertiary/aromatic N) is 5. The highest BCUT2D eigenvalue weighted by atomic mass is 15.5. The molecule has 0 aromatic carbocycles. The molecule has 0 saturated carbocycles. The number of unbranched alkanes of at least 4 members (excludes halogenated alkanes) is 1. The molecule has 0 unspecified atom stereocenters. The third kappa shape index (κ3) is 2.65. The number of aromatic nitrogens is 5. The highest BCUT2D eigenvalue weighted by Gasteiger charge is 2.10. The molecule has 0 fully saturated rings. The summed E-state index contributed by atoms with van der Waals surface area (Å²) >= 11 is 0. The third-order valence-electron chi connectivity index (χ3n) is 2.64. The number of aryl methyl sites for hydroxylation is 2. The van der Waals surface area contributed by atoms with Gasteiger partial charge < -0.3 is 5.73 Å². The van der Waals surface area contributed by atoms with Crippen molar-refractivity contribution in [1.82, 2.24) is 25.2 Å². The number of nitrogens with two attached hydrogens (primary N) is 1. The number of hydrogen-bond donors (Lipinski definition) is 1. The van der Waals surface area contributed by atoms with Crippen molar-refractivity contribution in [3.8, 4) is 11.4 Å². The van der Waals surface area contributed by atoms with Gasteiger partial charge in [-0.2, -0.15) is 0 Å². The van der Waals surface area contributed by atoms with E-state index >= 15 is 0 Å². The summed E-state index contributed by atoms with van der Waals surface area (Å²) in [6.07, 6.45) is 5.51. The number of hydrogen-bond acceptors (Lipinski definition) is 5. The van der Waals surface area contributed by atoms with Crippen LogP contribution in [0.3, 0.4) is 0 Å². The lowest BCUT2D eigenvalue weighted by Gasteiger charge is -2.05. The predicted molar refractivity (Wildman–Crippen MR) is 64.1 cm³/mol. The van der Waals surface area contributed by atoms with Gasteiger partial charge in [0.2, 0.25) is 0 Å². The molecule has 0 aliphatic rings. The van der Waals surface area contributed by atoms with Crippen LogP contribution >= 0.6 is 0 Å². The van der Waals surface area contributed by atoms with E-state index in [4.69, 9.17) is 5.73 Å². The van der Waals surface area contributed by atoms with Gasteiger partial charge in [-0.1, -0.05) is 0 Å². The summed E-state index contributed by atoms with van der Waals surface area (Å²) < 4.78 is 1.81. The van der Waals surface area contributed by atoms with E-state index in [0.717, 1.165) is 36.3 Å². The Labute approximate surface area is 99.9 Å². The molecule has 0 bridgehead atoms.